The van der Waals surface area contributed by atoms with E-state index in [-0.39, 0.29) is 28.8 Å². The fourth-order valence-corrected chi connectivity index (χ4v) is 4.95. The van der Waals surface area contributed by atoms with Crippen molar-refractivity contribution < 1.29 is 23.6 Å². The minimum absolute atomic E-state index is 0.128. The largest absolute Gasteiger partial charge is 0.496 e. The monoisotopic (exact) mass is 578 g/mol. The van der Waals surface area contributed by atoms with E-state index in [1.165, 1.54) is 47.6 Å². The van der Waals surface area contributed by atoms with Crippen LogP contribution in [0.15, 0.2) is 59.4 Å². The Labute approximate surface area is 240 Å². The number of nitrogens with zero attached hydrogens (tertiary/aromatic N) is 5. The van der Waals surface area contributed by atoms with Gasteiger partial charge in [0.05, 0.1) is 41.7 Å². The standard InChI is InChI=1S/C29H31FN6O6/c1-5-33(6-2)21-7-9-22(10-8-21)35-24-16-20(30)13-18(15-26(37)32(3)28(31)38)27(24)34(29(35)39)17-19-14-23(36(40)41)11-12-25(19)42-4/h7-14,16H,5-6,15,17H2,1-4H3,(H2,31,38). The summed E-state index contributed by atoms with van der Waals surface area (Å²) in [6.45, 7) is 5.42. The number of rotatable bonds is 10. The summed E-state index contributed by atoms with van der Waals surface area (Å²) in [6, 6.07) is 12.5. The minimum Gasteiger partial charge on any atom is -0.496 e. The maximum absolute atomic E-state index is 15.1. The molecule has 220 valence electrons. The van der Waals surface area contributed by atoms with Gasteiger partial charge in [-0.05, 0) is 55.8 Å². The van der Waals surface area contributed by atoms with Crippen molar-refractivity contribution in [2.45, 2.75) is 26.8 Å². The van der Waals surface area contributed by atoms with Crippen LogP contribution in [-0.4, -0.2) is 58.1 Å². The molecule has 12 nitrogen and oxygen atoms in total. The van der Waals surface area contributed by atoms with Crippen LogP contribution in [-0.2, 0) is 17.8 Å². The summed E-state index contributed by atoms with van der Waals surface area (Å²) >= 11 is 0. The van der Waals surface area contributed by atoms with Crippen LogP contribution in [0.4, 0.5) is 20.6 Å². The first-order valence-electron chi connectivity index (χ1n) is 13.2. The third-order valence-electron chi connectivity index (χ3n) is 7.15. The van der Waals surface area contributed by atoms with Gasteiger partial charge in [-0.25, -0.2) is 14.0 Å². The van der Waals surface area contributed by atoms with E-state index in [0.717, 1.165) is 24.8 Å². The average Bonchev–Trinajstić information content (AvgIpc) is 3.23. The van der Waals surface area contributed by atoms with Gasteiger partial charge in [0.1, 0.15) is 11.6 Å². The molecule has 0 radical (unpaired) electrons. The number of non-ortho nitro benzene ring substituents is 1. The molecule has 0 saturated heterocycles. The lowest BCUT2D eigenvalue weighted by Gasteiger charge is -2.21. The summed E-state index contributed by atoms with van der Waals surface area (Å²) in [5.41, 5.74) is 6.69. The number of urea groups is 1. The Morgan fingerprint density at radius 2 is 1.71 bits per heavy atom. The lowest BCUT2D eigenvalue weighted by molar-refractivity contribution is -0.384. The Morgan fingerprint density at radius 1 is 1.05 bits per heavy atom. The summed E-state index contributed by atoms with van der Waals surface area (Å²) in [5, 5.41) is 11.5. The average molecular weight is 579 g/mol. The number of nitro groups is 1. The molecule has 0 unspecified atom stereocenters. The highest BCUT2D eigenvalue weighted by Crippen LogP contribution is 2.29. The van der Waals surface area contributed by atoms with Crippen molar-refractivity contribution in [1.29, 1.82) is 0 Å². The van der Waals surface area contributed by atoms with Crippen molar-refractivity contribution in [2.75, 3.05) is 32.1 Å². The van der Waals surface area contributed by atoms with E-state index in [2.05, 4.69) is 4.90 Å². The Bertz CT molecular complexity index is 1730. The lowest BCUT2D eigenvalue weighted by Crippen LogP contribution is -2.38. The molecule has 0 fully saturated rings. The zero-order chi connectivity index (χ0) is 30.7. The maximum Gasteiger partial charge on any atom is 0.334 e. The van der Waals surface area contributed by atoms with Crippen LogP contribution in [0.3, 0.4) is 0 Å². The van der Waals surface area contributed by atoms with Gasteiger partial charge >= 0.3 is 11.7 Å². The van der Waals surface area contributed by atoms with E-state index in [4.69, 9.17) is 10.5 Å². The highest BCUT2D eigenvalue weighted by atomic mass is 19.1. The number of likely N-dealkylation sites (N-methyl/N-ethyl adjacent to an activating group) is 1. The second kappa shape index (κ2) is 12.1. The number of amides is 3. The first-order chi connectivity index (χ1) is 20.0. The molecule has 0 atom stereocenters. The van der Waals surface area contributed by atoms with Gasteiger partial charge in [-0.3, -0.25) is 28.9 Å². The van der Waals surface area contributed by atoms with E-state index < -0.39 is 34.8 Å². The van der Waals surface area contributed by atoms with Crippen molar-refractivity contribution in [1.82, 2.24) is 14.0 Å². The predicted octanol–water partition coefficient (Wildman–Crippen LogP) is 3.82. The normalized spacial score (nSPS) is 11.0. The van der Waals surface area contributed by atoms with E-state index in [1.807, 2.05) is 26.0 Å². The van der Waals surface area contributed by atoms with Gasteiger partial charge in [-0.2, -0.15) is 0 Å². The number of hydrogen-bond donors (Lipinski definition) is 1. The number of nitrogens with two attached hydrogens (primary N) is 1. The Morgan fingerprint density at radius 3 is 2.29 bits per heavy atom. The molecule has 0 bridgehead atoms. The molecule has 1 heterocycles. The number of halogens is 1. The molecule has 0 spiro atoms. The second-order valence-electron chi connectivity index (χ2n) is 9.55. The molecule has 42 heavy (non-hydrogen) atoms. The Kier molecular flexibility index (Phi) is 8.59. The molecule has 3 amide bonds. The molecule has 13 heteroatoms. The van der Waals surface area contributed by atoms with Crippen molar-refractivity contribution in [3.8, 4) is 11.4 Å². The minimum atomic E-state index is -0.989. The van der Waals surface area contributed by atoms with Crippen LogP contribution >= 0.6 is 0 Å². The Hall–Kier alpha value is -5.20. The molecule has 4 rings (SSSR count). The summed E-state index contributed by atoms with van der Waals surface area (Å²) in [6.07, 6.45) is -0.440. The number of fused-ring (bicyclic) bond motifs is 1. The van der Waals surface area contributed by atoms with E-state index in [9.17, 15) is 24.5 Å². The predicted molar refractivity (Wildman–Crippen MR) is 156 cm³/mol. The van der Waals surface area contributed by atoms with Gasteiger partial charge in [-0.15, -0.1) is 0 Å². The number of methoxy groups -OCH3 is 1. The van der Waals surface area contributed by atoms with Gasteiger partial charge in [0.2, 0.25) is 5.91 Å². The highest BCUT2D eigenvalue weighted by molar-refractivity contribution is 5.96. The quantitative estimate of drug-likeness (QED) is 0.222. The summed E-state index contributed by atoms with van der Waals surface area (Å²) < 4.78 is 23.1. The smallest absolute Gasteiger partial charge is 0.334 e. The molecule has 2 N–H and O–H groups in total. The molecule has 0 aliphatic rings. The number of imide groups is 1. The molecular formula is C29H31FN6O6. The van der Waals surface area contributed by atoms with Crippen molar-refractivity contribution in [2.24, 2.45) is 5.73 Å². The summed E-state index contributed by atoms with van der Waals surface area (Å²) in [4.78, 5) is 52.3. The number of hydrogen-bond acceptors (Lipinski definition) is 7. The van der Waals surface area contributed by atoms with Crippen LogP contribution in [0.5, 0.6) is 5.75 Å². The molecule has 1 aromatic heterocycles. The molecule has 0 aliphatic heterocycles. The zero-order valence-corrected chi connectivity index (χ0v) is 23.7. The first-order valence-corrected chi connectivity index (χ1v) is 13.2. The van der Waals surface area contributed by atoms with Gasteiger partial charge < -0.3 is 15.4 Å². The third kappa shape index (κ3) is 5.66. The number of primary amides is 1. The molecule has 3 aromatic carbocycles. The van der Waals surface area contributed by atoms with E-state index in [1.54, 1.807) is 12.1 Å². The van der Waals surface area contributed by atoms with Crippen molar-refractivity contribution >= 4 is 34.3 Å². The number of benzene rings is 3. The van der Waals surface area contributed by atoms with Crippen LogP contribution < -0.4 is 21.1 Å². The highest BCUT2D eigenvalue weighted by Gasteiger charge is 2.24. The molecular weight excluding hydrogens is 547 g/mol. The van der Waals surface area contributed by atoms with Crippen molar-refractivity contribution in [3.05, 3.63) is 92.1 Å². The Balaban J connectivity index is 1.99. The molecule has 0 aliphatic carbocycles. The zero-order valence-electron chi connectivity index (χ0n) is 23.7. The number of carbonyl (C=O) groups excluding carboxylic acids is 2. The lowest BCUT2D eigenvalue weighted by atomic mass is 10.1. The maximum atomic E-state index is 15.1. The SMILES string of the molecule is CCN(CC)c1ccc(-n2c(=O)n(Cc3cc([N+](=O)[O-])ccc3OC)c3c(CC(=O)N(C)C(N)=O)cc(F)cc32)cc1. The number of anilines is 1. The third-order valence-corrected chi connectivity index (χ3v) is 7.15. The number of carbonyl (C=O) groups is 2. The number of nitro benzene ring substituents is 1. The van der Waals surface area contributed by atoms with Crippen LogP contribution in [0.2, 0.25) is 0 Å². The van der Waals surface area contributed by atoms with Crippen LogP contribution in [0.25, 0.3) is 16.7 Å². The topological polar surface area (TPSA) is 146 Å². The van der Waals surface area contributed by atoms with E-state index >= 15 is 4.39 Å². The van der Waals surface area contributed by atoms with Crippen LogP contribution in [0.1, 0.15) is 25.0 Å². The first kappa shape index (κ1) is 29.8. The van der Waals surface area contributed by atoms with Gasteiger partial charge in [-0.1, -0.05) is 0 Å². The van der Waals surface area contributed by atoms with Gasteiger partial charge in [0.15, 0.2) is 0 Å². The number of imidazole rings is 1. The molecule has 4 aromatic rings. The second-order valence-corrected chi connectivity index (χ2v) is 9.55. The summed E-state index contributed by atoms with van der Waals surface area (Å²) in [5.74, 6) is -1.12. The fraction of sp³-hybridized carbons (Fsp3) is 0.276. The summed E-state index contributed by atoms with van der Waals surface area (Å²) in [7, 11) is 2.60. The molecule has 0 saturated carbocycles. The van der Waals surface area contributed by atoms with E-state index in [0.29, 0.717) is 21.9 Å². The fourth-order valence-electron chi connectivity index (χ4n) is 4.95. The van der Waals surface area contributed by atoms with Gasteiger partial charge in [0.25, 0.3) is 5.69 Å². The number of aromatic nitrogens is 2. The number of ether oxygens (including phenoxy) is 1. The van der Waals surface area contributed by atoms with Gasteiger partial charge in [0, 0.05) is 49.6 Å². The van der Waals surface area contributed by atoms with Crippen molar-refractivity contribution in [3.63, 3.8) is 0 Å². The van der Waals surface area contributed by atoms with Crippen LogP contribution in [0, 0.1) is 15.9 Å².